The summed E-state index contributed by atoms with van der Waals surface area (Å²) in [5.74, 6) is 1.76. The minimum atomic E-state index is 0.646. The van der Waals surface area contributed by atoms with Crippen molar-refractivity contribution in [1.29, 1.82) is 0 Å². The van der Waals surface area contributed by atoms with Crippen LogP contribution < -0.4 is 4.90 Å². The van der Waals surface area contributed by atoms with Crippen molar-refractivity contribution in [2.75, 3.05) is 11.4 Å². The lowest BCUT2D eigenvalue weighted by atomic mass is 9.90. The first kappa shape index (κ1) is 41.7. The van der Waals surface area contributed by atoms with E-state index in [4.69, 9.17) is 15.0 Å². The second-order valence-electron chi connectivity index (χ2n) is 18.0. The largest absolute Gasteiger partial charge is 0.322 e. The van der Waals surface area contributed by atoms with Crippen molar-refractivity contribution in [3.63, 3.8) is 0 Å². The highest BCUT2D eigenvalue weighted by molar-refractivity contribution is 6.31. The van der Waals surface area contributed by atoms with Crippen LogP contribution in [0.1, 0.15) is 5.56 Å². The van der Waals surface area contributed by atoms with Gasteiger partial charge in [0.15, 0.2) is 0 Å². The molecule has 2 aromatic heterocycles. The fourth-order valence-electron chi connectivity index (χ4n) is 10.4. The fourth-order valence-corrected chi connectivity index (χ4v) is 10.4. The van der Waals surface area contributed by atoms with Crippen LogP contribution in [0.3, 0.4) is 0 Å². The molecule has 12 aromatic rings. The highest BCUT2D eigenvalue weighted by Crippen LogP contribution is 2.43. The number of pyridine rings is 1. The third kappa shape index (κ3) is 7.48. The maximum Gasteiger partial charge on any atom is 0.145 e. The Balaban J connectivity index is 0.993. The van der Waals surface area contributed by atoms with Crippen molar-refractivity contribution in [2.45, 2.75) is 0 Å². The quantitative estimate of drug-likeness (QED) is 0.150. The van der Waals surface area contributed by atoms with Crippen molar-refractivity contribution in [1.82, 2.24) is 14.5 Å². The topological polar surface area (TPSA) is 46.3 Å². The van der Waals surface area contributed by atoms with Gasteiger partial charge in [-0.3, -0.25) is 4.57 Å². The number of hydrogen-bond acceptors (Lipinski definition) is 4. The molecule has 71 heavy (non-hydrogen) atoms. The van der Waals surface area contributed by atoms with Gasteiger partial charge in [-0.15, -0.1) is 0 Å². The summed E-state index contributed by atoms with van der Waals surface area (Å²) < 4.78 is 2.26. The summed E-state index contributed by atoms with van der Waals surface area (Å²) in [4.78, 5) is 18.1. The number of allylic oxidation sites excluding steroid dienone is 3. The molecule has 0 bridgehead atoms. The Kier molecular flexibility index (Phi) is 10.3. The molecule has 10 aromatic carbocycles. The van der Waals surface area contributed by atoms with Gasteiger partial charge in [-0.2, -0.15) is 0 Å². The van der Waals surface area contributed by atoms with Crippen LogP contribution in [0.2, 0.25) is 0 Å². The number of rotatable bonds is 7. The Labute approximate surface area is 412 Å². The summed E-state index contributed by atoms with van der Waals surface area (Å²) >= 11 is 0. The molecular weight excluding hydrogens is 863 g/mol. The lowest BCUT2D eigenvalue weighted by molar-refractivity contribution is 1.10. The normalized spacial score (nSPS) is 13.9. The summed E-state index contributed by atoms with van der Waals surface area (Å²) in [6.07, 6.45) is 8.17. The first-order valence-corrected chi connectivity index (χ1v) is 24.1. The van der Waals surface area contributed by atoms with Gasteiger partial charge in [-0.25, -0.2) is 15.0 Å². The number of hydrogen-bond donors (Lipinski definition) is 0. The highest BCUT2D eigenvalue weighted by atomic mass is 15.2. The predicted molar refractivity (Wildman–Crippen MR) is 298 cm³/mol. The van der Waals surface area contributed by atoms with Gasteiger partial charge in [0.1, 0.15) is 11.7 Å². The number of nitrogens with zero attached hydrogens (tertiary/aromatic N) is 5. The van der Waals surface area contributed by atoms with Gasteiger partial charge < -0.3 is 4.90 Å². The number of para-hydroxylation sites is 2. The van der Waals surface area contributed by atoms with Crippen LogP contribution in [0.15, 0.2) is 266 Å². The van der Waals surface area contributed by atoms with E-state index in [9.17, 15) is 0 Å². The molecule has 334 valence electrons. The van der Waals surface area contributed by atoms with E-state index in [-0.39, 0.29) is 0 Å². The fraction of sp³-hybridized carbons (Fsp3) is 0.0152. The summed E-state index contributed by atoms with van der Waals surface area (Å²) in [5, 5.41) is 8.26. The van der Waals surface area contributed by atoms with E-state index < -0.39 is 0 Å². The molecule has 0 fully saturated rings. The molecule has 0 aliphatic carbocycles. The highest BCUT2D eigenvalue weighted by Gasteiger charge is 2.20. The monoisotopic (exact) mass is 907 g/mol. The molecular formula is C66H45N5. The van der Waals surface area contributed by atoms with Crippen LogP contribution in [0.5, 0.6) is 0 Å². The summed E-state index contributed by atoms with van der Waals surface area (Å²) in [5.41, 5.74) is 14.3. The maximum absolute atomic E-state index is 5.73. The molecule has 0 atom stereocenters. The smallest absolute Gasteiger partial charge is 0.145 e. The molecule has 0 amide bonds. The van der Waals surface area contributed by atoms with E-state index >= 15 is 0 Å². The summed E-state index contributed by atoms with van der Waals surface area (Å²) in [6, 6.07) is 80.1. The Hall–Kier alpha value is -9.45. The number of anilines is 1. The second-order valence-corrected chi connectivity index (χ2v) is 18.0. The lowest BCUT2D eigenvalue weighted by Crippen LogP contribution is -2.32. The SMILES string of the molecule is C=C1/C=C\C=C/CN(c2ccc(-c3cc(-c4ccc(-n5c(-c6ccccc6)nc6ccccc65)cc4)cc(-c4nc5c6ccccc6c6ccccc6c5c5ccccc45)c3)cc2)C(c2ccccc2)=N1. The minimum Gasteiger partial charge on any atom is -0.322 e. The van der Waals surface area contributed by atoms with Gasteiger partial charge in [0.25, 0.3) is 0 Å². The van der Waals surface area contributed by atoms with Crippen LogP contribution in [-0.4, -0.2) is 26.9 Å². The van der Waals surface area contributed by atoms with Crippen LogP contribution in [0.25, 0.3) is 105 Å². The van der Waals surface area contributed by atoms with E-state index in [2.05, 4.69) is 234 Å². The van der Waals surface area contributed by atoms with E-state index in [0.717, 1.165) is 95.0 Å². The predicted octanol–water partition coefficient (Wildman–Crippen LogP) is 16.6. The number of imidazole rings is 1. The third-order valence-corrected chi connectivity index (χ3v) is 13.7. The zero-order valence-corrected chi connectivity index (χ0v) is 38.8. The Morgan fingerprint density at radius 1 is 0.408 bits per heavy atom. The van der Waals surface area contributed by atoms with Gasteiger partial charge in [-0.05, 0) is 104 Å². The molecule has 0 spiro atoms. The summed E-state index contributed by atoms with van der Waals surface area (Å²) in [7, 11) is 0. The lowest BCUT2D eigenvalue weighted by Gasteiger charge is -2.26. The molecule has 13 rings (SSSR count). The second kappa shape index (κ2) is 17.6. The Morgan fingerprint density at radius 3 is 1.63 bits per heavy atom. The van der Waals surface area contributed by atoms with E-state index in [1.807, 2.05) is 30.4 Å². The van der Waals surface area contributed by atoms with Gasteiger partial charge in [0.2, 0.25) is 0 Å². The number of amidine groups is 1. The third-order valence-electron chi connectivity index (χ3n) is 13.7. The number of fused-ring (bicyclic) bond motifs is 9. The molecule has 0 radical (unpaired) electrons. The number of benzene rings is 10. The average molecular weight is 908 g/mol. The van der Waals surface area contributed by atoms with Crippen molar-refractivity contribution in [3.8, 4) is 50.6 Å². The zero-order valence-electron chi connectivity index (χ0n) is 38.8. The van der Waals surface area contributed by atoms with Crippen molar-refractivity contribution in [2.24, 2.45) is 4.99 Å². The van der Waals surface area contributed by atoms with Crippen molar-refractivity contribution in [3.05, 3.63) is 267 Å². The zero-order chi connectivity index (χ0) is 47.3. The maximum atomic E-state index is 5.73. The average Bonchev–Trinajstić information content (AvgIpc) is 3.87. The molecule has 5 nitrogen and oxygen atoms in total. The Bertz CT molecular complexity index is 4130. The first-order valence-electron chi connectivity index (χ1n) is 24.1. The van der Waals surface area contributed by atoms with Crippen LogP contribution in [0, 0.1) is 0 Å². The molecule has 0 saturated heterocycles. The van der Waals surface area contributed by atoms with Crippen LogP contribution >= 0.6 is 0 Å². The summed E-state index contributed by atoms with van der Waals surface area (Å²) in [6.45, 7) is 4.89. The minimum absolute atomic E-state index is 0.646. The van der Waals surface area contributed by atoms with Crippen LogP contribution in [-0.2, 0) is 0 Å². The number of aliphatic imine (C=N–C) groups is 1. The molecule has 0 unspecified atom stereocenters. The molecule has 1 aliphatic heterocycles. The molecule has 0 N–H and O–H groups in total. The van der Waals surface area contributed by atoms with Crippen LogP contribution in [0.4, 0.5) is 5.69 Å². The van der Waals surface area contributed by atoms with Gasteiger partial charge in [0.05, 0.1) is 27.9 Å². The molecule has 1 aliphatic rings. The molecule has 0 saturated carbocycles. The van der Waals surface area contributed by atoms with Gasteiger partial charge >= 0.3 is 0 Å². The van der Waals surface area contributed by atoms with E-state index in [0.29, 0.717) is 12.2 Å². The van der Waals surface area contributed by atoms with E-state index in [1.165, 1.54) is 26.9 Å². The van der Waals surface area contributed by atoms with Crippen molar-refractivity contribution < 1.29 is 0 Å². The number of aromatic nitrogens is 3. The standard InChI is InChI=1S/C66H45N5/c1-44-19-5-4-18-40-70(65(67-44)47-20-6-2-7-21-47)52-36-32-45(33-37-52)49-41-50(46-34-38-53(39-35-46)71-61-31-17-16-30-60(61)68-66(71)48-22-8-3-9-23-48)43-51(42-49)63-59-29-15-13-27-57(59)62-56-26-12-10-24-54(56)55-25-11-14-28-58(55)64(62)69-63/h2-39,41-43H,1,40H2/b18-4-,19-5-,67-65?. The molecule has 3 heterocycles. The molecule has 5 heteroatoms. The first-order chi connectivity index (χ1) is 35.1. The van der Waals surface area contributed by atoms with E-state index in [1.54, 1.807) is 0 Å². The van der Waals surface area contributed by atoms with Crippen molar-refractivity contribution >= 4 is 65.8 Å². The Morgan fingerprint density at radius 2 is 0.944 bits per heavy atom. The van der Waals surface area contributed by atoms with Gasteiger partial charge in [0, 0.05) is 50.8 Å². The van der Waals surface area contributed by atoms with Gasteiger partial charge in [-0.1, -0.05) is 195 Å².